The number of para-hydroxylation sites is 1. The Morgan fingerprint density at radius 3 is 2.45 bits per heavy atom. The molecule has 0 saturated carbocycles. The van der Waals surface area contributed by atoms with Crippen molar-refractivity contribution in [2.24, 2.45) is 0 Å². The fraction of sp³-hybridized carbons (Fsp3) is 0.105. The lowest BCUT2D eigenvalue weighted by Crippen LogP contribution is -2.13. The number of carbonyl (C=O) groups is 1. The molecule has 0 fully saturated rings. The van der Waals surface area contributed by atoms with Gasteiger partial charge in [-0.05, 0) is 42.3 Å². The van der Waals surface area contributed by atoms with Gasteiger partial charge in [0.05, 0.1) is 6.26 Å². The molecule has 1 amide bonds. The van der Waals surface area contributed by atoms with Gasteiger partial charge in [0.2, 0.25) is 0 Å². The van der Waals surface area contributed by atoms with Crippen molar-refractivity contribution >= 4 is 11.6 Å². The van der Waals surface area contributed by atoms with Gasteiger partial charge in [0, 0.05) is 16.8 Å². The Labute approximate surface area is 129 Å². The number of hydrogen-bond donors (Lipinski definition) is 1. The minimum absolute atomic E-state index is 0.105. The lowest BCUT2D eigenvalue weighted by Gasteiger charge is -2.09. The summed E-state index contributed by atoms with van der Waals surface area (Å²) in [6, 6.07) is 19.0. The van der Waals surface area contributed by atoms with Crippen LogP contribution in [0.5, 0.6) is 0 Å². The van der Waals surface area contributed by atoms with Gasteiger partial charge in [-0.1, -0.05) is 37.3 Å². The van der Waals surface area contributed by atoms with Crippen molar-refractivity contribution in [2.45, 2.75) is 13.3 Å². The van der Waals surface area contributed by atoms with Crippen molar-refractivity contribution in [3.05, 3.63) is 78.1 Å². The van der Waals surface area contributed by atoms with Crippen LogP contribution in [-0.4, -0.2) is 5.91 Å². The Morgan fingerprint density at radius 1 is 1.00 bits per heavy atom. The Hall–Kier alpha value is -2.81. The molecule has 3 nitrogen and oxygen atoms in total. The molecular weight excluding hydrogens is 274 g/mol. The molecule has 3 rings (SSSR count). The van der Waals surface area contributed by atoms with Crippen LogP contribution >= 0.6 is 0 Å². The first-order valence-electron chi connectivity index (χ1n) is 7.31. The van der Waals surface area contributed by atoms with Crippen LogP contribution in [0.4, 0.5) is 5.69 Å². The molecule has 2 aromatic carbocycles. The summed E-state index contributed by atoms with van der Waals surface area (Å²) in [6.07, 6.45) is 2.52. The molecule has 0 unspecified atom stereocenters. The summed E-state index contributed by atoms with van der Waals surface area (Å²) in [4.78, 5) is 12.3. The molecule has 22 heavy (non-hydrogen) atoms. The normalized spacial score (nSPS) is 10.4. The monoisotopic (exact) mass is 291 g/mol. The molecule has 0 aliphatic carbocycles. The van der Waals surface area contributed by atoms with Crippen molar-refractivity contribution in [2.75, 3.05) is 5.32 Å². The molecule has 0 aliphatic heterocycles. The van der Waals surface area contributed by atoms with Crippen molar-refractivity contribution in [1.29, 1.82) is 0 Å². The highest BCUT2D eigenvalue weighted by Gasteiger charge is 2.09. The standard InChI is InChI=1S/C19H17NO2/c1-2-14-6-3-4-7-17(14)20-19(21)16-11-9-15(10-12-16)18-8-5-13-22-18/h3-13H,2H2,1H3,(H,20,21). The quantitative estimate of drug-likeness (QED) is 0.753. The third-order valence-electron chi connectivity index (χ3n) is 3.60. The van der Waals surface area contributed by atoms with Gasteiger partial charge < -0.3 is 9.73 Å². The van der Waals surface area contributed by atoms with E-state index in [-0.39, 0.29) is 5.91 Å². The van der Waals surface area contributed by atoms with Gasteiger partial charge in [0.15, 0.2) is 0 Å². The highest BCUT2D eigenvalue weighted by atomic mass is 16.3. The number of nitrogens with one attached hydrogen (secondary N) is 1. The van der Waals surface area contributed by atoms with Gasteiger partial charge in [0.25, 0.3) is 5.91 Å². The zero-order chi connectivity index (χ0) is 15.4. The molecule has 0 radical (unpaired) electrons. The van der Waals surface area contributed by atoms with Crippen LogP contribution in [0.2, 0.25) is 0 Å². The predicted molar refractivity (Wildman–Crippen MR) is 87.9 cm³/mol. The molecule has 1 heterocycles. The highest BCUT2D eigenvalue weighted by molar-refractivity contribution is 6.04. The number of benzene rings is 2. The van der Waals surface area contributed by atoms with E-state index in [1.54, 1.807) is 6.26 Å². The summed E-state index contributed by atoms with van der Waals surface area (Å²) in [5.74, 6) is 0.690. The van der Waals surface area contributed by atoms with E-state index in [4.69, 9.17) is 4.42 Å². The Morgan fingerprint density at radius 2 is 1.77 bits per heavy atom. The topological polar surface area (TPSA) is 42.2 Å². The second kappa shape index (κ2) is 6.31. The van der Waals surface area contributed by atoms with Gasteiger partial charge >= 0.3 is 0 Å². The van der Waals surface area contributed by atoms with Crippen LogP contribution in [0.3, 0.4) is 0 Å². The molecule has 3 heteroatoms. The van der Waals surface area contributed by atoms with Crippen LogP contribution in [0.25, 0.3) is 11.3 Å². The van der Waals surface area contributed by atoms with Crippen LogP contribution in [0.15, 0.2) is 71.3 Å². The van der Waals surface area contributed by atoms with E-state index in [2.05, 4.69) is 12.2 Å². The first-order valence-corrected chi connectivity index (χ1v) is 7.31. The number of rotatable bonds is 4. The maximum atomic E-state index is 12.3. The summed E-state index contributed by atoms with van der Waals surface area (Å²) in [5, 5.41) is 2.97. The molecule has 0 bridgehead atoms. The summed E-state index contributed by atoms with van der Waals surface area (Å²) < 4.78 is 5.35. The SMILES string of the molecule is CCc1ccccc1NC(=O)c1ccc(-c2ccco2)cc1. The summed E-state index contributed by atoms with van der Waals surface area (Å²) in [5.41, 5.74) is 3.57. The second-order valence-electron chi connectivity index (χ2n) is 5.02. The third kappa shape index (κ3) is 2.93. The van der Waals surface area contributed by atoms with E-state index < -0.39 is 0 Å². The molecule has 1 N–H and O–H groups in total. The fourth-order valence-electron chi connectivity index (χ4n) is 2.37. The van der Waals surface area contributed by atoms with Crippen molar-refractivity contribution in [3.63, 3.8) is 0 Å². The minimum Gasteiger partial charge on any atom is -0.464 e. The summed E-state index contributed by atoms with van der Waals surface area (Å²) >= 11 is 0. The van der Waals surface area contributed by atoms with E-state index in [0.29, 0.717) is 5.56 Å². The average molecular weight is 291 g/mol. The Kier molecular flexibility index (Phi) is 4.05. The van der Waals surface area contributed by atoms with E-state index in [9.17, 15) is 4.79 Å². The zero-order valence-corrected chi connectivity index (χ0v) is 12.4. The van der Waals surface area contributed by atoms with Gasteiger partial charge in [-0.15, -0.1) is 0 Å². The molecular formula is C19H17NO2. The minimum atomic E-state index is -0.105. The smallest absolute Gasteiger partial charge is 0.255 e. The maximum Gasteiger partial charge on any atom is 0.255 e. The van der Waals surface area contributed by atoms with Crippen LogP contribution in [-0.2, 0) is 6.42 Å². The van der Waals surface area contributed by atoms with Crippen LogP contribution < -0.4 is 5.32 Å². The number of furan rings is 1. The first kappa shape index (κ1) is 14.1. The number of hydrogen-bond acceptors (Lipinski definition) is 2. The highest BCUT2D eigenvalue weighted by Crippen LogP contribution is 2.21. The van der Waals surface area contributed by atoms with Gasteiger partial charge in [0.1, 0.15) is 5.76 Å². The Bertz CT molecular complexity index is 758. The van der Waals surface area contributed by atoms with E-state index in [1.807, 2.05) is 60.7 Å². The molecule has 110 valence electrons. The third-order valence-corrected chi connectivity index (χ3v) is 3.60. The van der Waals surface area contributed by atoms with Crippen LogP contribution in [0, 0.1) is 0 Å². The number of amides is 1. The molecule has 0 aliphatic rings. The van der Waals surface area contributed by atoms with Crippen molar-refractivity contribution in [1.82, 2.24) is 0 Å². The number of anilines is 1. The lowest BCUT2D eigenvalue weighted by atomic mass is 10.1. The average Bonchev–Trinajstić information content (AvgIpc) is 3.10. The summed E-state index contributed by atoms with van der Waals surface area (Å²) in [6.45, 7) is 2.07. The van der Waals surface area contributed by atoms with Gasteiger partial charge in [-0.3, -0.25) is 4.79 Å². The van der Waals surface area contributed by atoms with E-state index in [0.717, 1.165) is 29.0 Å². The molecule has 0 spiro atoms. The van der Waals surface area contributed by atoms with Crippen molar-refractivity contribution < 1.29 is 9.21 Å². The van der Waals surface area contributed by atoms with Crippen molar-refractivity contribution in [3.8, 4) is 11.3 Å². The molecule has 3 aromatic rings. The largest absolute Gasteiger partial charge is 0.464 e. The second-order valence-corrected chi connectivity index (χ2v) is 5.02. The fourth-order valence-corrected chi connectivity index (χ4v) is 2.37. The molecule has 1 aromatic heterocycles. The maximum absolute atomic E-state index is 12.3. The zero-order valence-electron chi connectivity index (χ0n) is 12.4. The Balaban J connectivity index is 1.78. The van der Waals surface area contributed by atoms with Crippen LogP contribution in [0.1, 0.15) is 22.8 Å². The molecule has 0 atom stereocenters. The summed E-state index contributed by atoms with van der Waals surface area (Å²) in [7, 11) is 0. The number of carbonyl (C=O) groups excluding carboxylic acids is 1. The van der Waals surface area contributed by atoms with Gasteiger partial charge in [-0.25, -0.2) is 0 Å². The van der Waals surface area contributed by atoms with Gasteiger partial charge in [-0.2, -0.15) is 0 Å². The molecule has 0 saturated heterocycles. The van der Waals surface area contributed by atoms with E-state index in [1.165, 1.54) is 0 Å². The first-order chi connectivity index (χ1) is 10.8. The lowest BCUT2D eigenvalue weighted by molar-refractivity contribution is 0.102. The van der Waals surface area contributed by atoms with E-state index >= 15 is 0 Å². The predicted octanol–water partition coefficient (Wildman–Crippen LogP) is 4.76. The number of aryl methyl sites for hydroxylation is 1.